The van der Waals surface area contributed by atoms with E-state index in [0.29, 0.717) is 0 Å². The first-order valence-electron chi connectivity index (χ1n) is 10.1. The van der Waals surface area contributed by atoms with Crippen molar-refractivity contribution in [3.05, 3.63) is 89.9 Å². The van der Waals surface area contributed by atoms with Gasteiger partial charge in [-0.3, -0.25) is 0 Å². The van der Waals surface area contributed by atoms with E-state index in [4.69, 9.17) is 0 Å². The van der Waals surface area contributed by atoms with Crippen LogP contribution in [0.4, 0.5) is 4.39 Å². The number of aromatic hydroxyl groups is 2. The van der Waals surface area contributed by atoms with E-state index in [1.807, 2.05) is 31.2 Å². The smallest absolute Gasteiger partial charge is 0.246 e. The highest BCUT2D eigenvalue weighted by Gasteiger charge is 2.27. The van der Waals surface area contributed by atoms with Crippen LogP contribution in [0.5, 0.6) is 11.5 Å². The van der Waals surface area contributed by atoms with Crippen molar-refractivity contribution < 1.29 is 23.0 Å². The van der Waals surface area contributed by atoms with Crippen molar-refractivity contribution in [2.45, 2.75) is 18.4 Å². The molecule has 1 heterocycles. The predicted molar refractivity (Wildman–Crippen MR) is 122 cm³/mol. The number of aryl methyl sites for hydroxylation is 1. The van der Waals surface area contributed by atoms with E-state index in [1.54, 1.807) is 6.07 Å². The van der Waals surface area contributed by atoms with Gasteiger partial charge in [0, 0.05) is 25.2 Å². The molecule has 0 atom stereocenters. The molecule has 0 bridgehead atoms. The molecule has 33 heavy (non-hydrogen) atoms. The number of halogens is 1. The summed E-state index contributed by atoms with van der Waals surface area (Å²) < 4.78 is 43.3. The Kier molecular flexibility index (Phi) is 5.92. The second-order valence-corrected chi connectivity index (χ2v) is 9.68. The Morgan fingerprint density at radius 3 is 2.48 bits per heavy atom. The summed E-state index contributed by atoms with van der Waals surface area (Å²) in [5.74, 6) is -1.50. The number of para-hydroxylation sites is 1. The molecular formula is C24H22FN3O4S. The first-order chi connectivity index (χ1) is 15.7. The average molecular weight is 468 g/mol. The van der Waals surface area contributed by atoms with Crippen LogP contribution in [0.15, 0.2) is 77.8 Å². The number of aromatic nitrogens is 2. The molecule has 0 aliphatic carbocycles. The molecule has 0 radical (unpaired) electrons. The lowest BCUT2D eigenvalue weighted by atomic mass is 10.1. The van der Waals surface area contributed by atoms with Gasteiger partial charge in [-0.2, -0.15) is 9.40 Å². The summed E-state index contributed by atoms with van der Waals surface area (Å²) in [5, 5.41) is 25.0. The number of hydrogen-bond donors (Lipinski definition) is 2. The molecule has 0 saturated heterocycles. The van der Waals surface area contributed by atoms with Gasteiger partial charge in [0.1, 0.15) is 27.9 Å². The summed E-state index contributed by atoms with van der Waals surface area (Å²) in [4.78, 5) is -0.383. The standard InChI is InChI=1S/C24H22FN3O4S/c1-16-6-5-7-17(12-16)15-27(2)33(31,32)24-13-18(22(29)14-23(24)30)20-10-11-26-28(20)21-9-4-3-8-19(21)25/h3-14,29-30H,15H2,1-2H3. The highest BCUT2D eigenvalue weighted by atomic mass is 32.2. The molecule has 0 amide bonds. The van der Waals surface area contributed by atoms with Crippen molar-refractivity contribution in [3.63, 3.8) is 0 Å². The lowest BCUT2D eigenvalue weighted by Crippen LogP contribution is -2.26. The van der Waals surface area contributed by atoms with Gasteiger partial charge in [-0.05, 0) is 36.8 Å². The van der Waals surface area contributed by atoms with Crippen molar-refractivity contribution in [3.8, 4) is 28.4 Å². The Morgan fingerprint density at radius 1 is 1.00 bits per heavy atom. The first kappa shape index (κ1) is 22.5. The average Bonchev–Trinajstić information content (AvgIpc) is 3.23. The normalized spacial score (nSPS) is 11.8. The zero-order valence-corrected chi connectivity index (χ0v) is 18.8. The number of rotatable bonds is 6. The maximum absolute atomic E-state index is 14.4. The van der Waals surface area contributed by atoms with Crippen LogP contribution in [0.3, 0.4) is 0 Å². The summed E-state index contributed by atoms with van der Waals surface area (Å²) in [6.45, 7) is 2.00. The van der Waals surface area contributed by atoms with Gasteiger partial charge in [0.2, 0.25) is 10.0 Å². The van der Waals surface area contributed by atoms with E-state index in [-0.39, 0.29) is 34.1 Å². The molecule has 4 aromatic rings. The lowest BCUT2D eigenvalue weighted by Gasteiger charge is -2.19. The van der Waals surface area contributed by atoms with E-state index >= 15 is 0 Å². The molecule has 3 aromatic carbocycles. The Labute approximate surface area is 191 Å². The van der Waals surface area contributed by atoms with E-state index in [1.165, 1.54) is 48.3 Å². The van der Waals surface area contributed by atoms with Crippen LogP contribution in [-0.4, -0.2) is 39.8 Å². The van der Waals surface area contributed by atoms with Gasteiger partial charge >= 0.3 is 0 Å². The molecule has 170 valence electrons. The molecule has 0 aliphatic rings. The Morgan fingerprint density at radius 2 is 1.76 bits per heavy atom. The topological polar surface area (TPSA) is 95.7 Å². The van der Waals surface area contributed by atoms with Gasteiger partial charge < -0.3 is 10.2 Å². The van der Waals surface area contributed by atoms with Gasteiger partial charge in [0.25, 0.3) is 0 Å². The predicted octanol–water partition coefficient (Wildman–Crippen LogP) is 4.22. The second kappa shape index (κ2) is 8.68. The fourth-order valence-electron chi connectivity index (χ4n) is 3.61. The molecule has 9 heteroatoms. The van der Waals surface area contributed by atoms with Crippen molar-refractivity contribution in [2.24, 2.45) is 0 Å². The van der Waals surface area contributed by atoms with Gasteiger partial charge in [-0.1, -0.05) is 42.0 Å². The van der Waals surface area contributed by atoms with Crippen LogP contribution >= 0.6 is 0 Å². The third-order valence-electron chi connectivity index (χ3n) is 5.25. The molecule has 0 aliphatic heterocycles. The minimum atomic E-state index is -4.13. The van der Waals surface area contributed by atoms with Crippen molar-refractivity contribution in [2.75, 3.05) is 7.05 Å². The number of hydrogen-bond acceptors (Lipinski definition) is 5. The molecule has 1 aromatic heterocycles. The highest BCUT2D eigenvalue weighted by Crippen LogP contribution is 2.38. The Balaban J connectivity index is 1.78. The van der Waals surface area contributed by atoms with Gasteiger partial charge in [0.05, 0.1) is 11.9 Å². The van der Waals surface area contributed by atoms with Gasteiger partial charge in [0.15, 0.2) is 0 Å². The minimum absolute atomic E-state index is 0.0797. The number of phenolic OH excluding ortho intramolecular Hbond substituents is 2. The van der Waals surface area contributed by atoms with Gasteiger partial charge in [-0.15, -0.1) is 0 Å². The minimum Gasteiger partial charge on any atom is -0.507 e. The molecule has 0 saturated carbocycles. The third kappa shape index (κ3) is 4.33. The molecule has 7 nitrogen and oxygen atoms in total. The number of nitrogens with zero attached hydrogens (tertiary/aromatic N) is 3. The van der Waals surface area contributed by atoms with E-state index in [2.05, 4.69) is 5.10 Å². The molecule has 4 rings (SSSR count). The lowest BCUT2D eigenvalue weighted by molar-refractivity contribution is 0.430. The molecule has 0 spiro atoms. The zero-order chi connectivity index (χ0) is 23.8. The van der Waals surface area contributed by atoms with Crippen LogP contribution in [0.1, 0.15) is 11.1 Å². The summed E-state index contributed by atoms with van der Waals surface area (Å²) in [5.41, 5.74) is 2.25. The largest absolute Gasteiger partial charge is 0.507 e. The first-order valence-corrected chi connectivity index (χ1v) is 11.5. The van der Waals surface area contributed by atoms with Crippen LogP contribution in [0, 0.1) is 12.7 Å². The third-order valence-corrected chi connectivity index (χ3v) is 7.09. The molecule has 0 fully saturated rings. The van der Waals surface area contributed by atoms with Crippen molar-refractivity contribution in [1.29, 1.82) is 0 Å². The van der Waals surface area contributed by atoms with Gasteiger partial charge in [-0.25, -0.2) is 17.5 Å². The maximum Gasteiger partial charge on any atom is 0.246 e. The summed E-state index contributed by atoms with van der Waals surface area (Å²) in [6.07, 6.45) is 1.41. The van der Waals surface area contributed by atoms with E-state index in [0.717, 1.165) is 21.5 Å². The quantitative estimate of drug-likeness (QED) is 0.443. The van der Waals surface area contributed by atoms with E-state index < -0.39 is 21.6 Å². The summed E-state index contributed by atoms with van der Waals surface area (Å²) >= 11 is 0. The second-order valence-electron chi connectivity index (χ2n) is 7.67. The summed E-state index contributed by atoms with van der Waals surface area (Å²) in [6, 6.07) is 17.0. The maximum atomic E-state index is 14.4. The van der Waals surface area contributed by atoms with Crippen LogP contribution in [0.25, 0.3) is 16.9 Å². The zero-order valence-electron chi connectivity index (χ0n) is 18.0. The van der Waals surface area contributed by atoms with Crippen molar-refractivity contribution >= 4 is 10.0 Å². The van der Waals surface area contributed by atoms with Crippen LogP contribution in [0.2, 0.25) is 0 Å². The Bertz CT molecular complexity index is 1430. The fourth-order valence-corrected chi connectivity index (χ4v) is 4.86. The number of benzene rings is 3. The molecule has 0 unspecified atom stereocenters. The summed E-state index contributed by atoms with van der Waals surface area (Å²) in [7, 11) is -2.72. The number of sulfonamides is 1. The Hall–Kier alpha value is -3.69. The van der Waals surface area contributed by atoms with Crippen molar-refractivity contribution in [1.82, 2.24) is 14.1 Å². The fraction of sp³-hybridized carbons (Fsp3) is 0.125. The molecular weight excluding hydrogens is 445 g/mol. The SMILES string of the molecule is Cc1cccc(CN(C)S(=O)(=O)c2cc(-c3ccnn3-c3ccccc3F)c(O)cc2O)c1. The van der Waals surface area contributed by atoms with E-state index in [9.17, 15) is 23.0 Å². The van der Waals surface area contributed by atoms with Crippen LogP contribution in [-0.2, 0) is 16.6 Å². The highest BCUT2D eigenvalue weighted by molar-refractivity contribution is 7.89. The number of phenols is 2. The molecule has 2 N–H and O–H groups in total. The monoisotopic (exact) mass is 467 g/mol. The van der Waals surface area contributed by atoms with Crippen LogP contribution < -0.4 is 0 Å².